The maximum atomic E-state index is 12.5. The Morgan fingerprint density at radius 1 is 1.38 bits per heavy atom. The smallest absolute Gasteiger partial charge is 0.320 e. The van der Waals surface area contributed by atoms with Crippen molar-refractivity contribution in [2.45, 2.75) is 32.2 Å². The van der Waals surface area contributed by atoms with Crippen LogP contribution in [0.4, 0.5) is 10.6 Å². The summed E-state index contributed by atoms with van der Waals surface area (Å²) in [5, 5.41) is 20.1. The Morgan fingerprint density at radius 2 is 2.08 bits per heavy atom. The van der Waals surface area contributed by atoms with E-state index in [4.69, 9.17) is 0 Å². The SMILES string of the molecule is Cc1cc(NC(=O)NC(c2ccccc2)C2(CO)CCC2)n(C)n1. The molecule has 0 aliphatic heterocycles. The molecule has 1 saturated carbocycles. The molecule has 0 saturated heterocycles. The zero-order valence-electron chi connectivity index (χ0n) is 14.1. The molecule has 0 spiro atoms. The van der Waals surface area contributed by atoms with Gasteiger partial charge in [-0.3, -0.25) is 10.00 Å². The number of benzene rings is 1. The van der Waals surface area contributed by atoms with Gasteiger partial charge in [0.25, 0.3) is 0 Å². The highest BCUT2D eigenvalue weighted by Gasteiger charge is 2.45. The summed E-state index contributed by atoms with van der Waals surface area (Å²) < 4.78 is 1.64. The molecule has 1 aromatic carbocycles. The second-order valence-corrected chi connectivity index (χ2v) is 6.61. The highest BCUT2D eigenvalue weighted by molar-refractivity contribution is 5.88. The third-order valence-electron chi connectivity index (χ3n) is 4.93. The molecule has 6 heteroatoms. The van der Waals surface area contributed by atoms with Crippen LogP contribution >= 0.6 is 0 Å². The second-order valence-electron chi connectivity index (χ2n) is 6.61. The van der Waals surface area contributed by atoms with E-state index in [1.165, 1.54) is 0 Å². The van der Waals surface area contributed by atoms with E-state index in [0.717, 1.165) is 30.5 Å². The number of aryl methyl sites for hydroxylation is 2. The number of carbonyl (C=O) groups is 1. The van der Waals surface area contributed by atoms with Crippen LogP contribution in [0.15, 0.2) is 36.4 Å². The number of urea groups is 1. The Hall–Kier alpha value is -2.34. The highest BCUT2D eigenvalue weighted by Crippen LogP contribution is 2.49. The first-order valence-corrected chi connectivity index (χ1v) is 8.28. The number of amides is 2. The predicted octanol–water partition coefficient (Wildman–Crippen LogP) is 2.75. The minimum Gasteiger partial charge on any atom is -0.396 e. The lowest BCUT2D eigenvalue weighted by Crippen LogP contribution is -2.48. The molecule has 1 aromatic heterocycles. The molecule has 1 atom stereocenters. The van der Waals surface area contributed by atoms with Gasteiger partial charge in [-0.1, -0.05) is 36.8 Å². The number of nitrogens with one attached hydrogen (secondary N) is 2. The van der Waals surface area contributed by atoms with Crippen molar-refractivity contribution in [2.24, 2.45) is 12.5 Å². The standard InChI is InChI=1S/C18H24N4O2/c1-13-11-15(22(2)21-13)19-17(24)20-16(14-7-4-3-5-8-14)18(12-23)9-6-10-18/h3-5,7-8,11,16,23H,6,9-10,12H2,1-2H3,(H2,19,20,24). The molecule has 2 aromatic rings. The molecule has 0 bridgehead atoms. The number of carbonyl (C=O) groups excluding carboxylic acids is 1. The summed E-state index contributed by atoms with van der Waals surface area (Å²) in [5.74, 6) is 0.642. The van der Waals surface area contributed by atoms with Crippen molar-refractivity contribution in [3.63, 3.8) is 0 Å². The van der Waals surface area contributed by atoms with Gasteiger partial charge in [0.15, 0.2) is 0 Å². The van der Waals surface area contributed by atoms with Crippen molar-refractivity contribution in [1.29, 1.82) is 0 Å². The molecular formula is C18H24N4O2. The van der Waals surface area contributed by atoms with Crippen LogP contribution in [0.1, 0.15) is 36.6 Å². The summed E-state index contributed by atoms with van der Waals surface area (Å²) in [6, 6.07) is 11.2. The highest BCUT2D eigenvalue weighted by atomic mass is 16.3. The van der Waals surface area contributed by atoms with Crippen molar-refractivity contribution in [3.8, 4) is 0 Å². The number of aliphatic hydroxyl groups excluding tert-OH is 1. The Labute approximate surface area is 141 Å². The fourth-order valence-corrected chi connectivity index (χ4v) is 3.42. The summed E-state index contributed by atoms with van der Waals surface area (Å²) in [6.45, 7) is 1.95. The average Bonchev–Trinajstić information content (AvgIpc) is 2.84. The Bertz CT molecular complexity index is 702. The van der Waals surface area contributed by atoms with Crippen molar-refractivity contribution in [2.75, 3.05) is 11.9 Å². The van der Waals surface area contributed by atoms with Gasteiger partial charge in [-0.15, -0.1) is 0 Å². The van der Waals surface area contributed by atoms with Gasteiger partial charge >= 0.3 is 6.03 Å². The Kier molecular flexibility index (Phi) is 4.57. The fraction of sp³-hybridized carbons (Fsp3) is 0.444. The summed E-state index contributed by atoms with van der Waals surface area (Å²) in [7, 11) is 1.79. The van der Waals surface area contributed by atoms with E-state index in [1.54, 1.807) is 11.7 Å². The van der Waals surface area contributed by atoms with E-state index < -0.39 is 0 Å². The molecule has 3 N–H and O–H groups in total. The van der Waals surface area contributed by atoms with Crippen molar-refractivity contribution in [3.05, 3.63) is 47.7 Å². The molecule has 1 aliphatic carbocycles. The van der Waals surface area contributed by atoms with Gasteiger partial charge in [0.2, 0.25) is 0 Å². The van der Waals surface area contributed by atoms with Gasteiger partial charge in [-0.2, -0.15) is 5.10 Å². The van der Waals surface area contributed by atoms with Crippen LogP contribution in [0.3, 0.4) is 0 Å². The minimum absolute atomic E-state index is 0.0671. The third-order valence-corrected chi connectivity index (χ3v) is 4.93. The van der Waals surface area contributed by atoms with Crippen LogP contribution in [0.25, 0.3) is 0 Å². The Morgan fingerprint density at radius 3 is 2.58 bits per heavy atom. The summed E-state index contributed by atoms with van der Waals surface area (Å²) in [5.41, 5.74) is 1.59. The maximum Gasteiger partial charge on any atom is 0.320 e. The van der Waals surface area contributed by atoms with Crippen molar-refractivity contribution < 1.29 is 9.90 Å². The van der Waals surface area contributed by atoms with Gasteiger partial charge in [0.05, 0.1) is 18.3 Å². The number of anilines is 1. The van der Waals surface area contributed by atoms with E-state index in [0.29, 0.717) is 5.82 Å². The average molecular weight is 328 g/mol. The number of nitrogens with zero attached hydrogens (tertiary/aromatic N) is 2. The zero-order chi connectivity index (χ0) is 17.2. The lowest BCUT2D eigenvalue weighted by Gasteiger charge is -2.46. The van der Waals surface area contributed by atoms with Crippen LogP contribution < -0.4 is 10.6 Å². The molecule has 1 fully saturated rings. The number of hydrogen-bond acceptors (Lipinski definition) is 3. The molecule has 6 nitrogen and oxygen atoms in total. The molecule has 1 aliphatic rings. The summed E-state index contributed by atoms with van der Waals surface area (Å²) >= 11 is 0. The van der Waals surface area contributed by atoms with E-state index >= 15 is 0 Å². The van der Waals surface area contributed by atoms with Gasteiger partial charge in [-0.05, 0) is 25.3 Å². The first-order chi connectivity index (χ1) is 11.5. The third kappa shape index (κ3) is 3.14. The van der Waals surface area contributed by atoms with Crippen LogP contribution in [-0.2, 0) is 7.05 Å². The van der Waals surface area contributed by atoms with Gasteiger partial charge in [-0.25, -0.2) is 4.79 Å². The maximum absolute atomic E-state index is 12.5. The van der Waals surface area contributed by atoms with Crippen LogP contribution in [0.2, 0.25) is 0 Å². The topological polar surface area (TPSA) is 79.2 Å². The monoisotopic (exact) mass is 328 g/mol. The molecule has 0 radical (unpaired) electrons. The molecular weight excluding hydrogens is 304 g/mol. The fourth-order valence-electron chi connectivity index (χ4n) is 3.42. The van der Waals surface area contributed by atoms with Crippen LogP contribution in [0.5, 0.6) is 0 Å². The number of rotatable bonds is 5. The quantitative estimate of drug-likeness (QED) is 0.789. The molecule has 1 unspecified atom stereocenters. The zero-order valence-corrected chi connectivity index (χ0v) is 14.1. The number of aromatic nitrogens is 2. The number of aliphatic hydroxyl groups is 1. The first kappa shape index (κ1) is 16.5. The minimum atomic E-state index is -0.286. The van der Waals surface area contributed by atoms with E-state index in [1.807, 2.05) is 43.3 Å². The van der Waals surface area contributed by atoms with Gasteiger partial charge < -0.3 is 10.4 Å². The summed E-state index contributed by atoms with van der Waals surface area (Å²) in [6.07, 6.45) is 2.90. The van der Waals surface area contributed by atoms with Gasteiger partial charge in [0, 0.05) is 18.5 Å². The lowest BCUT2D eigenvalue weighted by atomic mass is 9.63. The van der Waals surface area contributed by atoms with Gasteiger partial charge in [0.1, 0.15) is 5.82 Å². The second kappa shape index (κ2) is 6.65. The van der Waals surface area contributed by atoms with Crippen molar-refractivity contribution in [1.82, 2.24) is 15.1 Å². The Balaban J connectivity index is 1.79. The predicted molar refractivity (Wildman–Crippen MR) is 92.7 cm³/mol. The molecule has 128 valence electrons. The first-order valence-electron chi connectivity index (χ1n) is 8.28. The molecule has 24 heavy (non-hydrogen) atoms. The largest absolute Gasteiger partial charge is 0.396 e. The van der Waals surface area contributed by atoms with Crippen LogP contribution in [0, 0.1) is 12.3 Å². The molecule has 2 amide bonds. The van der Waals surface area contributed by atoms with E-state index in [-0.39, 0.29) is 24.1 Å². The lowest BCUT2D eigenvalue weighted by molar-refractivity contribution is 0.00969. The van der Waals surface area contributed by atoms with Crippen molar-refractivity contribution >= 4 is 11.8 Å². The molecule has 1 heterocycles. The van der Waals surface area contributed by atoms with E-state index in [2.05, 4.69) is 15.7 Å². The number of hydrogen-bond donors (Lipinski definition) is 3. The van der Waals surface area contributed by atoms with E-state index in [9.17, 15) is 9.90 Å². The molecule has 3 rings (SSSR count). The summed E-state index contributed by atoms with van der Waals surface area (Å²) in [4.78, 5) is 12.5. The van der Waals surface area contributed by atoms with Crippen LogP contribution in [-0.4, -0.2) is 27.5 Å². The normalized spacial score (nSPS) is 17.0.